The highest BCUT2D eigenvalue weighted by Gasteiger charge is 2.11. The molecule has 112 valence electrons. The summed E-state index contributed by atoms with van der Waals surface area (Å²) in [5.41, 5.74) is 1.12. The number of carbonyl (C=O) groups excluding carboxylic acids is 1. The van der Waals surface area contributed by atoms with Gasteiger partial charge >= 0.3 is 12.0 Å². The zero-order valence-electron chi connectivity index (χ0n) is 11.5. The third-order valence-electron chi connectivity index (χ3n) is 2.82. The Kier molecular flexibility index (Phi) is 4.89. The minimum absolute atomic E-state index is 0.0589. The standard InChI is InChI=1S/C14H16FN3O3/c1-2-11-8-21-14(17-11)18-13(20)16-7-12(19)9-4-3-5-10(15)6-9/h3-6,8,12,19H,2,7H2,1H3,(H2,16,17,18,20)/t12-/m1/s1. The fourth-order valence-corrected chi connectivity index (χ4v) is 1.69. The van der Waals surface area contributed by atoms with Crippen molar-refractivity contribution in [1.82, 2.24) is 10.3 Å². The van der Waals surface area contributed by atoms with E-state index in [2.05, 4.69) is 15.6 Å². The van der Waals surface area contributed by atoms with Gasteiger partial charge in [-0.15, -0.1) is 0 Å². The Labute approximate surface area is 121 Å². The monoisotopic (exact) mass is 293 g/mol. The third-order valence-corrected chi connectivity index (χ3v) is 2.82. The number of hydrogen-bond acceptors (Lipinski definition) is 4. The van der Waals surface area contributed by atoms with E-state index in [1.165, 1.54) is 24.5 Å². The second-order valence-corrected chi connectivity index (χ2v) is 4.40. The number of aromatic nitrogens is 1. The van der Waals surface area contributed by atoms with Crippen molar-refractivity contribution in [3.8, 4) is 0 Å². The lowest BCUT2D eigenvalue weighted by Crippen LogP contribution is -2.32. The minimum atomic E-state index is -0.998. The van der Waals surface area contributed by atoms with Gasteiger partial charge in [-0.1, -0.05) is 19.1 Å². The molecule has 0 saturated carbocycles. The highest BCUT2D eigenvalue weighted by Crippen LogP contribution is 2.13. The molecule has 1 aromatic carbocycles. The van der Waals surface area contributed by atoms with Gasteiger partial charge in [0.15, 0.2) is 0 Å². The van der Waals surface area contributed by atoms with Crippen LogP contribution in [0.1, 0.15) is 24.3 Å². The van der Waals surface area contributed by atoms with E-state index >= 15 is 0 Å². The van der Waals surface area contributed by atoms with E-state index in [9.17, 15) is 14.3 Å². The Bertz CT molecular complexity index is 615. The average molecular weight is 293 g/mol. The van der Waals surface area contributed by atoms with E-state index in [0.29, 0.717) is 12.0 Å². The van der Waals surface area contributed by atoms with Crippen molar-refractivity contribution in [2.45, 2.75) is 19.4 Å². The van der Waals surface area contributed by atoms with Crippen molar-refractivity contribution in [3.63, 3.8) is 0 Å². The number of nitrogens with one attached hydrogen (secondary N) is 2. The van der Waals surface area contributed by atoms with Crippen molar-refractivity contribution in [3.05, 3.63) is 47.6 Å². The van der Waals surface area contributed by atoms with Crippen molar-refractivity contribution in [2.24, 2.45) is 0 Å². The van der Waals surface area contributed by atoms with Crippen LogP contribution < -0.4 is 10.6 Å². The van der Waals surface area contributed by atoms with Crippen LogP contribution in [0.2, 0.25) is 0 Å². The highest BCUT2D eigenvalue weighted by atomic mass is 19.1. The Morgan fingerprint density at radius 2 is 2.33 bits per heavy atom. The molecule has 21 heavy (non-hydrogen) atoms. The molecule has 1 aromatic heterocycles. The smallest absolute Gasteiger partial charge is 0.322 e. The van der Waals surface area contributed by atoms with Gasteiger partial charge in [0.05, 0.1) is 11.8 Å². The van der Waals surface area contributed by atoms with Gasteiger partial charge in [-0.3, -0.25) is 5.32 Å². The molecule has 0 spiro atoms. The number of carbonyl (C=O) groups is 1. The number of amides is 2. The molecule has 2 amide bonds. The first-order valence-electron chi connectivity index (χ1n) is 6.51. The van der Waals surface area contributed by atoms with E-state index in [1.807, 2.05) is 6.92 Å². The first kappa shape index (κ1) is 15.0. The molecule has 0 radical (unpaired) electrons. The maximum absolute atomic E-state index is 13.0. The number of halogens is 1. The van der Waals surface area contributed by atoms with Crippen molar-refractivity contribution in [1.29, 1.82) is 0 Å². The van der Waals surface area contributed by atoms with Gasteiger partial charge in [0, 0.05) is 6.54 Å². The molecule has 0 aliphatic rings. The van der Waals surface area contributed by atoms with Crippen LogP contribution in [-0.4, -0.2) is 22.7 Å². The van der Waals surface area contributed by atoms with Gasteiger partial charge < -0.3 is 14.8 Å². The second-order valence-electron chi connectivity index (χ2n) is 4.40. The average Bonchev–Trinajstić information content (AvgIpc) is 2.92. The molecule has 0 saturated heterocycles. The first-order valence-corrected chi connectivity index (χ1v) is 6.51. The van der Waals surface area contributed by atoms with Gasteiger partial charge in [0.1, 0.15) is 12.1 Å². The number of nitrogens with zero attached hydrogens (tertiary/aromatic N) is 1. The van der Waals surface area contributed by atoms with E-state index in [4.69, 9.17) is 4.42 Å². The maximum atomic E-state index is 13.0. The molecule has 0 fully saturated rings. The summed E-state index contributed by atoms with van der Waals surface area (Å²) in [6.07, 6.45) is 1.16. The van der Waals surface area contributed by atoms with Crippen molar-refractivity contribution in [2.75, 3.05) is 11.9 Å². The van der Waals surface area contributed by atoms with Crippen LogP contribution in [0.4, 0.5) is 15.2 Å². The molecule has 2 rings (SSSR count). The summed E-state index contributed by atoms with van der Waals surface area (Å²) in [5.74, 6) is -0.442. The topological polar surface area (TPSA) is 87.4 Å². The molecule has 2 aromatic rings. The number of aryl methyl sites for hydroxylation is 1. The van der Waals surface area contributed by atoms with Crippen molar-refractivity contribution >= 4 is 12.0 Å². The van der Waals surface area contributed by atoms with Gasteiger partial charge in [-0.2, -0.15) is 4.98 Å². The van der Waals surface area contributed by atoms with Crippen LogP contribution in [0.5, 0.6) is 0 Å². The highest BCUT2D eigenvalue weighted by molar-refractivity contribution is 5.86. The van der Waals surface area contributed by atoms with E-state index in [1.54, 1.807) is 6.07 Å². The number of rotatable bonds is 5. The summed E-state index contributed by atoms with van der Waals surface area (Å²) < 4.78 is 18.1. The molecule has 6 nitrogen and oxygen atoms in total. The van der Waals surface area contributed by atoms with Crippen molar-refractivity contribution < 1.29 is 18.7 Å². The molecule has 1 atom stereocenters. The molecule has 0 aliphatic heterocycles. The fourth-order valence-electron chi connectivity index (χ4n) is 1.69. The lowest BCUT2D eigenvalue weighted by atomic mass is 10.1. The third kappa shape index (κ3) is 4.28. The lowest BCUT2D eigenvalue weighted by Gasteiger charge is -2.12. The molecule has 0 bridgehead atoms. The molecule has 0 aliphatic carbocycles. The molecule has 3 N–H and O–H groups in total. The summed E-state index contributed by atoms with van der Waals surface area (Å²) in [4.78, 5) is 15.6. The Morgan fingerprint density at radius 3 is 3.00 bits per heavy atom. The van der Waals surface area contributed by atoms with Crippen LogP contribution in [0, 0.1) is 5.82 Å². The fraction of sp³-hybridized carbons (Fsp3) is 0.286. The lowest BCUT2D eigenvalue weighted by molar-refractivity contribution is 0.174. The van der Waals surface area contributed by atoms with Gasteiger partial charge in [0.25, 0.3) is 0 Å². The largest absolute Gasteiger partial charge is 0.432 e. The number of hydrogen-bond donors (Lipinski definition) is 3. The normalized spacial score (nSPS) is 12.0. The van der Waals surface area contributed by atoms with E-state index in [-0.39, 0.29) is 12.6 Å². The number of oxazole rings is 1. The minimum Gasteiger partial charge on any atom is -0.432 e. The van der Waals surface area contributed by atoms with Crippen LogP contribution in [0.15, 0.2) is 34.9 Å². The number of anilines is 1. The zero-order chi connectivity index (χ0) is 15.2. The van der Waals surface area contributed by atoms with Crippen LogP contribution in [0.25, 0.3) is 0 Å². The zero-order valence-corrected chi connectivity index (χ0v) is 11.5. The summed E-state index contributed by atoms with van der Waals surface area (Å²) in [6.45, 7) is 1.85. The van der Waals surface area contributed by atoms with Crippen LogP contribution >= 0.6 is 0 Å². The molecule has 7 heteroatoms. The maximum Gasteiger partial charge on any atom is 0.322 e. The van der Waals surface area contributed by atoms with Crippen LogP contribution in [-0.2, 0) is 6.42 Å². The number of benzene rings is 1. The van der Waals surface area contributed by atoms with Crippen LogP contribution in [0.3, 0.4) is 0 Å². The van der Waals surface area contributed by atoms with Gasteiger partial charge in [-0.25, -0.2) is 9.18 Å². The predicted molar refractivity (Wildman–Crippen MR) is 74.3 cm³/mol. The summed E-state index contributed by atoms with van der Waals surface area (Å²) in [6, 6.07) is 5.09. The number of aliphatic hydroxyl groups excluding tert-OH is 1. The van der Waals surface area contributed by atoms with E-state index in [0.717, 1.165) is 5.69 Å². The van der Waals surface area contributed by atoms with Gasteiger partial charge in [0.2, 0.25) is 0 Å². The SMILES string of the molecule is CCc1coc(NC(=O)NC[C@@H](O)c2cccc(F)c2)n1. The second kappa shape index (κ2) is 6.85. The molecular formula is C14H16FN3O3. The van der Waals surface area contributed by atoms with E-state index < -0.39 is 18.0 Å². The summed E-state index contributed by atoms with van der Waals surface area (Å²) >= 11 is 0. The Hall–Kier alpha value is -2.41. The number of aliphatic hydroxyl groups is 1. The first-order chi connectivity index (χ1) is 10.1. The summed E-state index contributed by atoms with van der Waals surface area (Å²) in [5, 5.41) is 14.7. The quantitative estimate of drug-likeness (QED) is 0.789. The Morgan fingerprint density at radius 1 is 1.52 bits per heavy atom. The number of urea groups is 1. The summed E-state index contributed by atoms with van der Waals surface area (Å²) in [7, 11) is 0. The molecular weight excluding hydrogens is 277 g/mol. The predicted octanol–water partition coefficient (Wildman–Crippen LogP) is 2.23. The molecule has 0 unspecified atom stereocenters. The molecule has 1 heterocycles. The Balaban J connectivity index is 1.83. The van der Waals surface area contributed by atoms with Gasteiger partial charge in [-0.05, 0) is 24.1 Å².